The van der Waals surface area contributed by atoms with Gasteiger partial charge in [-0.2, -0.15) is 0 Å². The summed E-state index contributed by atoms with van der Waals surface area (Å²) < 4.78 is 0. The molecule has 25 heavy (non-hydrogen) atoms. The third kappa shape index (κ3) is 5.80. The van der Waals surface area contributed by atoms with E-state index in [0.717, 1.165) is 24.0 Å². The molecule has 0 bridgehead atoms. The number of carbonyl (C=O) groups excluding carboxylic acids is 2. The van der Waals surface area contributed by atoms with Gasteiger partial charge in [0.25, 0.3) is 0 Å². The molecule has 1 saturated carbocycles. The Kier molecular flexibility index (Phi) is 5.56. The highest BCUT2D eigenvalue weighted by molar-refractivity contribution is 6.30. The van der Waals surface area contributed by atoms with Crippen molar-refractivity contribution in [2.24, 2.45) is 0 Å². The number of benzene rings is 2. The van der Waals surface area contributed by atoms with Crippen LogP contribution in [0.5, 0.6) is 0 Å². The van der Waals surface area contributed by atoms with Crippen LogP contribution in [0.2, 0.25) is 5.02 Å². The minimum absolute atomic E-state index is 0.0453. The number of nitrogens with one attached hydrogen (secondary N) is 3. The van der Waals surface area contributed by atoms with Crippen LogP contribution in [0.15, 0.2) is 48.5 Å². The molecule has 1 aliphatic carbocycles. The molecule has 0 unspecified atom stereocenters. The molecule has 5 nitrogen and oxygen atoms in total. The first-order valence-corrected chi connectivity index (χ1v) is 8.64. The second-order valence-corrected chi connectivity index (χ2v) is 6.59. The summed E-state index contributed by atoms with van der Waals surface area (Å²) in [6.45, 7) is 0.419. The van der Waals surface area contributed by atoms with Crippen molar-refractivity contribution < 1.29 is 9.59 Å². The molecule has 3 N–H and O–H groups in total. The maximum atomic E-state index is 11.9. The van der Waals surface area contributed by atoms with Gasteiger partial charge >= 0.3 is 6.03 Å². The van der Waals surface area contributed by atoms with E-state index in [1.807, 2.05) is 24.3 Å². The smallest absolute Gasteiger partial charge is 0.319 e. The van der Waals surface area contributed by atoms with E-state index in [2.05, 4.69) is 16.0 Å². The third-order valence-corrected chi connectivity index (χ3v) is 4.14. The van der Waals surface area contributed by atoms with Gasteiger partial charge in [-0.25, -0.2) is 4.79 Å². The van der Waals surface area contributed by atoms with Crippen LogP contribution in [0.3, 0.4) is 0 Å². The van der Waals surface area contributed by atoms with Crippen molar-refractivity contribution >= 4 is 29.2 Å². The summed E-state index contributed by atoms with van der Waals surface area (Å²) in [5.41, 5.74) is 2.57. The van der Waals surface area contributed by atoms with Gasteiger partial charge in [0.1, 0.15) is 0 Å². The number of halogens is 1. The van der Waals surface area contributed by atoms with Crippen LogP contribution in [-0.4, -0.2) is 18.0 Å². The van der Waals surface area contributed by atoms with Crippen LogP contribution in [0, 0.1) is 0 Å². The zero-order chi connectivity index (χ0) is 17.6. The van der Waals surface area contributed by atoms with Crippen LogP contribution < -0.4 is 16.0 Å². The quantitative estimate of drug-likeness (QED) is 0.740. The molecule has 3 rings (SSSR count). The maximum absolute atomic E-state index is 11.9. The van der Waals surface area contributed by atoms with Gasteiger partial charge in [0.15, 0.2) is 0 Å². The SMILES string of the molecule is O=C(Cc1ccc(NC(=O)NCc2ccc(Cl)cc2)cc1)NC1CC1. The van der Waals surface area contributed by atoms with Gasteiger partial charge in [0, 0.05) is 23.3 Å². The highest BCUT2D eigenvalue weighted by Crippen LogP contribution is 2.19. The molecule has 3 amide bonds. The highest BCUT2D eigenvalue weighted by atomic mass is 35.5. The maximum Gasteiger partial charge on any atom is 0.319 e. The number of rotatable bonds is 6. The lowest BCUT2D eigenvalue weighted by Crippen LogP contribution is -2.28. The average Bonchev–Trinajstić information content (AvgIpc) is 3.40. The van der Waals surface area contributed by atoms with Crippen molar-refractivity contribution in [3.8, 4) is 0 Å². The van der Waals surface area contributed by atoms with E-state index in [0.29, 0.717) is 29.7 Å². The summed E-state index contributed by atoms with van der Waals surface area (Å²) >= 11 is 5.83. The normalized spacial score (nSPS) is 13.2. The molecule has 2 aromatic rings. The lowest BCUT2D eigenvalue weighted by atomic mass is 10.1. The van der Waals surface area contributed by atoms with Crippen LogP contribution in [0.25, 0.3) is 0 Å². The van der Waals surface area contributed by atoms with E-state index in [1.54, 1.807) is 24.3 Å². The predicted molar refractivity (Wildman–Crippen MR) is 98.6 cm³/mol. The summed E-state index contributed by atoms with van der Waals surface area (Å²) in [5.74, 6) is 0.0453. The van der Waals surface area contributed by atoms with Gasteiger partial charge in [-0.3, -0.25) is 4.79 Å². The Balaban J connectivity index is 1.44. The third-order valence-electron chi connectivity index (χ3n) is 3.89. The summed E-state index contributed by atoms with van der Waals surface area (Å²) in [5, 5.41) is 9.18. The van der Waals surface area contributed by atoms with E-state index >= 15 is 0 Å². The fourth-order valence-electron chi connectivity index (χ4n) is 2.36. The Labute approximate surface area is 151 Å². The molecule has 2 aromatic carbocycles. The van der Waals surface area contributed by atoms with E-state index < -0.39 is 0 Å². The molecule has 0 saturated heterocycles. The average molecular weight is 358 g/mol. The Morgan fingerprint density at radius 3 is 2.24 bits per heavy atom. The van der Waals surface area contributed by atoms with E-state index in [9.17, 15) is 9.59 Å². The highest BCUT2D eigenvalue weighted by Gasteiger charge is 2.22. The summed E-state index contributed by atoms with van der Waals surface area (Å²) in [7, 11) is 0. The number of urea groups is 1. The first kappa shape index (κ1) is 17.3. The molecular weight excluding hydrogens is 338 g/mol. The standard InChI is InChI=1S/C19H20ClN3O2/c20-15-5-1-14(2-6-15)12-21-19(25)23-17-7-3-13(4-8-17)11-18(24)22-16-9-10-16/h1-8,16H,9-12H2,(H,22,24)(H2,21,23,25). The fourth-order valence-corrected chi connectivity index (χ4v) is 2.48. The Morgan fingerprint density at radius 1 is 0.960 bits per heavy atom. The van der Waals surface area contributed by atoms with Crippen molar-refractivity contribution in [1.82, 2.24) is 10.6 Å². The largest absolute Gasteiger partial charge is 0.353 e. The molecule has 0 heterocycles. The van der Waals surface area contributed by atoms with Crippen LogP contribution >= 0.6 is 11.6 Å². The Morgan fingerprint density at radius 2 is 1.60 bits per heavy atom. The summed E-state index contributed by atoms with van der Waals surface area (Å²) in [6.07, 6.45) is 2.53. The van der Waals surface area contributed by atoms with Gasteiger partial charge in [-0.05, 0) is 48.2 Å². The molecule has 0 spiro atoms. The van der Waals surface area contributed by atoms with E-state index in [1.165, 1.54) is 0 Å². The molecule has 1 aliphatic rings. The fraction of sp³-hybridized carbons (Fsp3) is 0.263. The van der Waals surface area contributed by atoms with Gasteiger partial charge in [-0.1, -0.05) is 35.9 Å². The molecule has 0 aliphatic heterocycles. The molecular formula is C19H20ClN3O2. The molecule has 130 valence electrons. The minimum atomic E-state index is -0.283. The van der Waals surface area contributed by atoms with E-state index in [4.69, 9.17) is 11.6 Å². The van der Waals surface area contributed by atoms with Crippen LogP contribution in [0.1, 0.15) is 24.0 Å². The second kappa shape index (κ2) is 8.03. The van der Waals surface area contributed by atoms with Crippen LogP contribution in [-0.2, 0) is 17.8 Å². The van der Waals surface area contributed by atoms with Gasteiger partial charge in [0.05, 0.1) is 6.42 Å². The molecule has 1 fully saturated rings. The first-order chi connectivity index (χ1) is 12.1. The summed E-state index contributed by atoms with van der Waals surface area (Å²) in [6, 6.07) is 14.7. The Bertz CT molecular complexity index is 740. The molecule has 0 atom stereocenters. The van der Waals surface area contributed by atoms with Crippen molar-refractivity contribution in [1.29, 1.82) is 0 Å². The zero-order valence-corrected chi connectivity index (χ0v) is 14.5. The van der Waals surface area contributed by atoms with Gasteiger partial charge < -0.3 is 16.0 Å². The van der Waals surface area contributed by atoms with Crippen molar-refractivity contribution in [2.45, 2.75) is 31.8 Å². The van der Waals surface area contributed by atoms with Gasteiger partial charge in [0.2, 0.25) is 5.91 Å². The zero-order valence-electron chi connectivity index (χ0n) is 13.7. The predicted octanol–water partition coefficient (Wildman–Crippen LogP) is 3.48. The first-order valence-electron chi connectivity index (χ1n) is 8.26. The van der Waals surface area contributed by atoms with Crippen LogP contribution in [0.4, 0.5) is 10.5 Å². The molecule has 6 heteroatoms. The van der Waals surface area contributed by atoms with Crippen molar-refractivity contribution in [3.05, 3.63) is 64.7 Å². The second-order valence-electron chi connectivity index (χ2n) is 6.15. The lowest BCUT2D eigenvalue weighted by Gasteiger charge is -2.09. The monoisotopic (exact) mass is 357 g/mol. The minimum Gasteiger partial charge on any atom is -0.353 e. The van der Waals surface area contributed by atoms with Crippen molar-refractivity contribution in [3.63, 3.8) is 0 Å². The van der Waals surface area contributed by atoms with Gasteiger partial charge in [-0.15, -0.1) is 0 Å². The number of hydrogen-bond acceptors (Lipinski definition) is 2. The van der Waals surface area contributed by atoms with E-state index in [-0.39, 0.29) is 11.9 Å². The lowest BCUT2D eigenvalue weighted by molar-refractivity contribution is -0.120. The number of anilines is 1. The topological polar surface area (TPSA) is 70.2 Å². The van der Waals surface area contributed by atoms with Crippen molar-refractivity contribution in [2.75, 3.05) is 5.32 Å². The number of amides is 3. The Hall–Kier alpha value is -2.53. The summed E-state index contributed by atoms with van der Waals surface area (Å²) in [4.78, 5) is 23.7. The molecule has 0 radical (unpaired) electrons. The number of hydrogen-bond donors (Lipinski definition) is 3. The number of carbonyl (C=O) groups is 2. The molecule has 0 aromatic heterocycles.